The van der Waals surface area contributed by atoms with Crippen LogP contribution in [0.15, 0.2) is 12.4 Å². The van der Waals surface area contributed by atoms with Crippen LogP contribution in [0.3, 0.4) is 0 Å². The Balaban J connectivity index is 2.63. The maximum atomic E-state index is 11.7. The molecule has 1 amide bonds. The lowest BCUT2D eigenvalue weighted by atomic mass is 10.4. The van der Waals surface area contributed by atoms with Crippen molar-refractivity contribution < 1.29 is 4.79 Å². The van der Waals surface area contributed by atoms with Crippen molar-refractivity contribution in [2.24, 2.45) is 0 Å². The number of aromatic nitrogens is 2. The molecule has 0 bridgehead atoms. The van der Waals surface area contributed by atoms with Gasteiger partial charge in [-0.05, 0) is 7.05 Å². The molecule has 1 rings (SSSR count). The SMILES string of the molecule is CNCCN(C)C(=O)c1cnc(Cl)cn1. The van der Waals surface area contributed by atoms with E-state index in [0.29, 0.717) is 12.2 Å². The van der Waals surface area contributed by atoms with E-state index in [2.05, 4.69) is 15.3 Å². The quantitative estimate of drug-likeness (QED) is 0.812. The van der Waals surface area contributed by atoms with Crippen LogP contribution in [0, 0.1) is 0 Å². The van der Waals surface area contributed by atoms with E-state index in [1.165, 1.54) is 12.4 Å². The average Bonchev–Trinajstić information content (AvgIpc) is 2.26. The summed E-state index contributed by atoms with van der Waals surface area (Å²) in [5, 5.41) is 3.24. The Morgan fingerprint density at radius 1 is 1.53 bits per heavy atom. The fourth-order valence-electron chi connectivity index (χ4n) is 0.999. The summed E-state index contributed by atoms with van der Waals surface area (Å²) in [6.45, 7) is 1.36. The first-order valence-corrected chi connectivity index (χ1v) is 4.90. The van der Waals surface area contributed by atoms with Gasteiger partial charge in [-0.1, -0.05) is 11.6 Å². The summed E-state index contributed by atoms with van der Waals surface area (Å²) in [4.78, 5) is 21.0. The zero-order valence-electron chi connectivity index (χ0n) is 8.70. The Kier molecular flexibility index (Phi) is 4.45. The first kappa shape index (κ1) is 11.9. The van der Waals surface area contributed by atoms with Crippen molar-refractivity contribution >= 4 is 17.5 Å². The molecule has 0 fully saturated rings. The molecule has 82 valence electrons. The van der Waals surface area contributed by atoms with Gasteiger partial charge in [0, 0.05) is 20.1 Å². The third-order valence-electron chi connectivity index (χ3n) is 1.88. The molecule has 0 saturated carbocycles. The second-order valence-corrected chi connectivity index (χ2v) is 3.44. The number of nitrogens with one attached hydrogen (secondary N) is 1. The largest absolute Gasteiger partial charge is 0.339 e. The van der Waals surface area contributed by atoms with Gasteiger partial charge in [-0.25, -0.2) is 9.97 Å². The predicted octanol–water partition coefficient (Wildman–Crippen LogP) is 0.421. The summed E-state index contributed by atoms with van der Waals surface area (Å²) < 4.78 is 0. The number of likely N-dealkylation sites (N-methyl/N-ethyl adjacent to an activating group) is 2. The standard InChI is InChI=1S/C9H13ClN4O/c1-11-3-4-14(2)9(15)7-5-13-8(10)6-12-7/h5-6,11H,3-4H2,1-2H3. The van der Waals surface area contributed by atoms with Gasteiger partial charge in [-0.2, -0.15) is 0 Å². The highest BCUT2D eigenvalue weighted by Crippen LogP contribution is 2.03. The fraction of sp³-hybridized carbons (Fsp3) is 0.444. The van der Waals surface area contributed by atoms with Crippen molar-refractivity contribution in [2.75, 3.05) is 27.2 Å². The summed E-state index contributed by atoms with van der Waals surface area (Å²) in [5.74, 6) is -0.158. The van der Waals surface area contributed by atoms with Crippen LogP contribution in [0.2, 0.25) is 5.15 Å². The Hall–Kier alpha value is -1.20. The van der Waals surface area contributed by atoms with E-state index in [1.54, 1.807) is 11.9 Å². The van der Waals surface area contributed by atoms with Crippen molar-refractivity contribution in [3.05, 3.63) is 23.2 Å². The van der Waals surface area contributed by atoms with Crippen LogP contribution < -0.4 is 5.32 Å². The second-order valence-electron chi connectivity index (χ2n) is 3.05. The molecule has 1 aromatic heterocycles. The number of hydrogen-bond donors (Lipinski definition) is 1. The van der Waals surface area contributed by atoms with E-state index >= 15 is 0 Å². The van der Waals surface area contributed by atoms with Crippen LogP contribution in [-0.4, -0.2) is 48.0 Å². The molecular weight excluding hydrogens is 216 g/mol. The first-order chi connectivity index (χ1) is 7.15. The minimum absolute atomic E-state index is 0.158. The Morgan fingerprint density at radius 2 is 2.27 bits per heavy atom. The van der Waals surface area contributed by atoms with Crippen LogP contribution in [0.25, 0.3) is 0 Å². The zero-order chi connectivity index (χ0) is 11.3. The molecule has 0 unspecified atom stereocenters. The van der Waals surface area contributed by atoms with Gasteiger partial charge in [0.2, 0.25) is 0 Å². The number of nitrogens with zero attached hydrogens (tertiary/aromatic N) is 3. The van der Waals surface area contributed by atoms with Crippen LogP contribution in [0.1, 0.15) is 10.5 Å². The molecule has 0 atom stereocenters. The van der Waals surface area contributed by atoms with Crippen molar-refractivity contribution in [2.45, 2.75) is 0 Å². The predicted molar refractivity (Wildman–Crippen MR) is 57.9 cm³/mol. The normalized spacial score (nSPS) is 10.1. The van der Waals surface area contributed by atoms with Gasteiger partial charge in [-0.15, -0.1) is 0 Å². The smallest absolute Gasteiger partial charge is 0.273 e. The molecule has 0 aliphatic rings. The highest BCUT2D eigenvalue weighted by Gasteiger charge is 2.12. The summed E-state index contributed by atoms with van der Waals surface area (Å²) in [6.07, 6.45) is 2.74. The summed E-state index contributed by atoms with van der Waals surface area (Å²) in [6, 6.07) is 0. The lowest BCUT2D eigenvalue weighted by Gasteiger charge is -2.15. The van der Waals surface area contributed by atoms with E-state index in [0.717, 1.165) is 6.54 Å². The minimum atomic E-state index is -0.158. The van der Waals surface area contributed by atoms with E-state index in [4.69, 9.17) is 11.6 Å². The molecule has 1 heterocycles. The lowest BCUT2D eigenvalue weighted by molar-refractivity contribution is 0.0790. The molecule has 0 spiro atoms. The minimum Gasteiger partial charge on any atom is -0.339 e. The van der Waals surface area contributed by atoms with Crippen LogP contribution in [0.5, 0.6) is 0 Å². The molecule has 6 heteroatoms. The van der Waals surface area contributed by atoms with Gasteiger partial charge in [0.25, 0.3) is 5.91 Å². The third kappa shape index (κ3) is 3.45. The first-order valence-electron chi connectivity index (χ1n) is 4.52. The van der Waals surface area contributed by atoms with Crippen LogP contribution in [0.4, 0.5) is 0 Å². The molecule has 0 radical (unpaired) electrons. The summed E-state index contributed by atoms with van der Waals surface area (Å²) >= 11 is 5.57. The number of hydrogen-bond acceptors (Lipinski definition) is 4. The molecule has 1 N–H and O–H groups in total. The van der Waals surface area contributed by atoms with Gasteiger partial charge in [-0.3, -0.25) is 4.79 Å². The van der Waals surface area contributed by atoms with Gasteiger partial charge >= 0.3 is 0 Å². The monoisotopic (exact) mass is 228 g/mol. The van der Waals surface area contributed by atoms with Crippen LogP contribution >= 0.6 is 11.6 Å². The molecule has 5 nitrogen and oxygen atoms in total. The highest BCUT2D eigenvalue weighted by molar-refractivity contribution is 6.29. The summed E-state index contributed by atoms with van der Waals surface area (Å²) in [7, 11) is 3.55. The third-order valence-corrected chi connectivity index (χ3v) is 2.08. The van der Waals surface area contributed by atoms with Gasteiger partial charge in [0.15, 0.2) is 0 Å². The topological polar surface area (TPSA) is 58.1 Å². The fourth-order valence-corrected chi connectivity index (χ4v) is 1.10. The number of rotatable bonds is 4. The number of carbonyl (C=O) groups is 1. The Morgan fingerprint density at radius 3 is 2.80 bits per heavy atom. The maximum Gasteiger partial charge on any atom is 0.273 e. The van der Waals surface area contributed by atoms with Gasteiger partial charge in [0.1, 0.15) is 10.8 Å². The second kappa shape index (κ2) is 5.63. The number of carbonyl (C=O) groups excluding carboxylic acids is 1. The van der Waals surface area contributed by atoms with Crippen molar-refractivity contribution in [3.63, 3.8) is 0 Å². The molecule has 15 heavy (non-hydrogen) atoms. The Bertz CT molecular complexity index is 327. The van der Waals surface area contributed by atoms with Crippen molar-refractivity contribution in [1.82, 2.24) is 20.2 Å². The van der Waals surface area contributed by atoms with E-state index < -0.39 is 0 Å². The molecule has 0 saturated heterocycles. The lowest BCUT2D eigenvalue weighted by Crippen LogP contribution is -2.33. The molecular formula is C9H13ClN4O. The van der Waals surface area contributed by atoms with Gasteiger partial charge < -0.3 is 10.2 Å². The van der Waals surface area contributed by atoms with Crippen molar-refractivity contribution in [3.8, 4) is 0 Å². The molecule has 0 aliphatic heterocycles. The zero-order valence-corrected chi connectivity index (χ0v) is 9.45. The van der Waals surface area contributed by atoms with E-state index in [-0.39, 0.29) is 11.1 Å². The maximum absolute atomic E-state index is 11.7. The van der Waals surface area contributed by atoms with Gasteiger partial charge in [0.05, 0.1) is 12.4 Å². The highest BCUT2D eigenvalue weighted by atomic mass is 35.5. The number of halogens is 1. The number of amides is 1. The summed E-state index contributed by atoms with van der Waals surface area (Å²) in [5.41, 5.74) is 0.304. The van der Waals surface area contributed by atoms with E-state index in [9.17, 15) is 4.79 Å². The molecule has 0 aromatic carbocycles. The average molecular weight is 229 g/mol. The van der Waals surface area contributed by atoms with Crippen molar-refractivity contribution in [1.29, 1.82) is 0 Å². The molecule has 0 aliphatic carbocycles. The molecule has 1 aromatic rings. The van der Waals surface area contributed by atoms with E-state index in [1.807, 2.05) is 7.05 Å². The Labute approximate surface area is 93.5 Å². The van der Waals surface area contributed by atoms with Crippen LogP contribution in [-0.2, 0) is 0 Å².